The van der Waals surface area contributed by atoms with E-state index in [4.69, 9.17) is 11.6 Å². The first kappa shape index (κ1) is 15.7. The summed E-state index contributed by atoms with van der Waals surface area (Å²) in [6, 6.07) is 7.20. The largest absolute Gasteiger partial charge is 0.316 e. The Balaban J connectivity index is 1.82. The molecule has 3 heterocycles. The molecule has 0 unspecified atom stereocenters. The molecule has 0 atom stereocenters. The summed E-state index contributed by atoms with van der Waals surface area (Å²) in [6.07, 6.45) is 4.50. The molecular formula is C16H11ClN6OS. The van der Waals surface area contributed by atoms with E-state index in [0.717, 1.165) is 5.56 Å². The molecule has 7 nitrogen and oxygen atoms in total. The Morgan fingerprint density at radius 2 is 2.12 bits per heavy atom. The van der Waals surface area contributed by atoms with E-state index in [2.05, 4.69) is 25.3 Å². The molecule has 9 heteroatoms. The van der Waals surface area contributed by atoms with E-state index in [0.29, 0.717) is 32.0 Å². The molecule has 3 aromatic heterocycles. The van der Waals surface area contributed by atoms with Crippen molar-refractivity contribution in [3.8, 4) is 5.69 Å². The summed E-state index contributed by atoms with van der Waals surface area (Å²) in [4.78, 5) is 29.4. The van der Waals surface area contributed by atoms with Gasteiger partial charge in [0.15, 0.2) is 10.8 Å². The van der Waals surface area contributed by atoms with Gasteiger partial charge in [-0.15, -0.1) is 0 Å². The van der Waals surface area contributed by atoms with Crippen molar-refractivity contribution in [2.24, 2.45) is 0 Å². The van der Waals surface area contributed by atoms with Crippen LogP contribution in [-0.4, -0.2) is 24.5 Å². The van der Waals surface area contributed by atoms with Gasteiger partial charge >= 0.3 is 0 Å². The molecule has 0 spiro atoms. The number of halogens is 1. The maximum atomic E-state index is 12.9. The van der Waals surface area contributed by atoms with E-state index in [1.54, 1.807) is 18.3 Å². The average Bonchev–Trinajstić information content (AvgIpc) is 3.01. The van der Waals surface area contributed by atoms with Crippen molar-refractivity contribution in [1.82, 2.24) is 24.5 Å². The van der Waals surface area contributed by atoms with Gasteiger partial charge in [-0.05, 0) is 24.6 Å². The molecule has 0 bridgehead atoms. The Morgan fingerprint density at radius 1 is 1.24 bits per heavy atom. The van der Waals surface area contributed by atoms with Crippen LogP contribution in [0.5, 0.6) is 0 Å². The summed E-state index contributed by atoms with van der Waals surface area (Å²) in [6.45, 7) is 1.90. The summed E-state index contributed by atoms with van der Waals surface area (Å²) >= 11 is 7.49. The van der Waals surface area contributed by atoms with Crippen LogP contribution in [0.25, 0.3) is 16.0 Å². The molecule has 0 aliphatic heterocycles. The number of rotatable bonds is 3. The molecule has 0 aliphatic rings. The molecular weight excluding hydrogens is 360 g/mol. The van der Waals surface area contributed by atoms with E-state index >= 15 is 0 Å². The second kappa shape index (κ2) is 6.23. The van der Waals surface area contributed by atoms with E-state index in [9.17, 15) is 4.79 Å². The average molecular weight is 371 g/mol. The minimum absolute atomic E-state index is 0.213. The summed E-state index contributed by atoms with van der Waals surface area (Å²) in [5, 5.41) is 4.07. The number of benzene rings is 1. The van der Waals surface area contributed by atoms with Crippen LogP contribution in [0.1, 0.15) is 5.56 Å². The van der Waals surface area contributed by atoms with Crippen molar-refractivity contribution in [3.63, 3.8) is 0 Å². The molecule has 0 saturated heterocycles. The third-order valence-corrected chi connectivity index (χ3v) is 4.82. The second-order valence-electron chi connectivity index (χ2n) is 5.22. The molecule has 1 aromatic carbocycles. The van der Waals surface area contributed by atoms with Gasteiger partial charge in [-0.1, -0.05) is 35.1 Å². The van der Waals surface area contributed by atoms with Gasteiger partial charge in [0.05, 0.1) is 10.7 Å². The van der Waals surface area contributed by atoms with Crippen LogP contribution in [-0.2, 0) is 0 Å². The zero-order chi connectivity index (χ0) is 17.4. The summed E-state index contributed by atoms with van der Waals surface area (Å²) in [7, 11) is 0. The van der Waals surface area contributed by atoms with Crippen LogP contribution >= 0.6 is 22.9 Å². The minimum Gasteiger partial charge on any atom is -0.316 e. The van der Waals surface area contributed by atoms with Crippen molar-refractivity contribution < 1.29 is 0 Å². The zero-order valence-corrected chi connectivity index (χ0v) is 14.5. The van der Waals surface area contributed by atoms with E-state index in [1.807, 2.05) is 19.1 Å². The first-order valence-electron chi connectivity index (χ1n) is 7.30. The number of anilines is 2. The molecule has 1 N–H and O–H groups in total. The molecule has 4 rings (SSSR count). The van der Waals surface area contributed by atoms with Gasteiger partial charge in [-0.25, -0.2) is 15.0 Å². The van der Waals surface area contributed by atoms with Gasteiger partial charge < -0.3 is 5.32 Å². The summed E-state index contributed by atoms with van der Waals surface area (Å²) in [5.74, 6) is 0.594. The number of nitrogens with one attached hydrogen (secondary N) is 1. The third kappa shape index (κ3) is 2.86. The Bertz CT molecular complexity index is 1100. The number of hydrogen-bond acceptors (Lipinski definition) is 7. The van der Waals surface area contributed by atoms with Crippen LogP contribution in [0.3, 0.4) is 0 Å². The SMILES string of the molecule is Cc1cccc(Cl)c1-n1cnc2nc(Nc3ccncn3)sc2c1=O. The number of hydrogen-bond donors (Lipinski definition) is 1. The molecule has 0 radical (unpaired) electrons. The van der Waals surface area contributed by atoms with Gasteiger partial charge in [-0.3, -0.25) is 9.36 Å². The number of aromatic nitrogens is 5. The topological polar surface area (TPSA) is 85.6 Å². The molecule has 4 aromatic rings. The molecule has 0 aliphatic carbocycles. The molecule has 25 heavy (non-hydrogen) atoms. The van der Waals surface area contributed by atoms with Crippen molar-refractivity contribution in [1.29, 1.82) is 0 Å². The van der Waals surface area contributed by atoms with E-state index in [-0.39, 0.29) is 5.56 Å². The monoisotopic (exact) mass is 370 g/mol. The van der Waals surface area contributed by atoms with Gasteiger partial charge in [0, 0.05) is 6.20 Å². The lowest BCUT2D eigenvalue weighted by Crippen LogP contribution is -2.19. The van der Waals surface area contributed by atoms with Crippen molar-refractivity contribution in [2.45, 2.75) is 6.92 Å². The Hall–Kier alpha value is -2.84. The van der Waals surface area contributed by atoms with Crippen LogP contribution in [0.4, 0.5) is 10.9 Å². The highest BCUT2D eigenvalue weighted by atomic mass is 35.5. The van der Waals surface area contributed by atoms with Crippen LogP contribution < -0.4 is 10.9 Å². The van der Waals surface area contributed by atoms with Gasteiger partial charge in [0.25, 0.3) is 5.56 Å². The highest BCUT2D eigenvalue weighted by Gasteiger charge is 2.15. The summed E-state index contributed by atoms with van der Waals surface area (Å²) < 4.78 is 1.89. The lowest BCUT2D eigenvalue weighted by Gasteiger charge is -2.10. The maximum absolute atomic E-state index is 12.9. The predicted molar refractivity (Wildman–Crippen MR) is 98.1 cm³/mol. The molecule has 0 fully saturated rings. The minimum atomic E-state index is -0.213. The quantitative estimate of drug-likeness (QED) is 0.595. The molecule has 124 valence electrons. The van der Waals surface area contributed by atoms with Crippen LogP contribution in [0, 0.1) is 6.92 Å². The normalized spacial score (nSPS) is 11.0. The zero-order valence-electron chi connectivity index (χ0n) is 13.0. The Labute approximate surface area is 151 Å². The van der Waals surface area contributed by atoms with Gasteiger partial charge in [0.2, 0.25) is 0 Å². The fourth-order valence-corrected chi connectivity index (χ4v) is 3.60. The van der Waals surface area contributed by atoms with Crippen molar-refractivity contribution >= 4 is 44.2 Å². The number of aryl methyl sites for hydroxylation is 1. The fourth-order valence-electron chi connectivity index (χ4n) is 2.43. The number of para-hydroxylation sites is 1. The smallest absolute Gasteiger partial charge is 0.277 e. The highest BCUT2D eigenvalue weighted by Crippen LogP contribution is 2.26. The fraction of sp³-hybridized carbons (Fsp3) is 0.0625. The standard InChI is InChI=1S/C16H11ClN6OS/c1-9-3-2-4-10(17)12(9)23-8-20-14-13(15(23)24)25-16(22-14)21-11-5-6-18-7-19-11/h2-8H,1H3,(H,18,19,21,22). The number of nitrogens with zero attached hydrogens (tertiary/aromatic N) is 5. The van der Waals surface area contributed by atoms with Crippen LogP contribution in [0.15, 0.2) is 47.9 Å². The summed E-state index contributed by atoms with van der Waals surface area (Å²) in [5.41, 5.74) is 1.68. The number of thiazole rings is 1. The Kier molecular flexibility index (Phi) is 3.90. The van der Waals surface area contributed by atoms with Crippen molar-refractivity contribution in [2.75, 3.05) is 5.32 Å². The maximum Gasteiger partial charge on any atom is 0.277 e. The second-order valence-corrected chi connectivity index (χ2v) is 6.62. The van der Waals surface area contributed by atoms with Crippen LogP contribution in [0.2, 0.25) is 5.02 Å². The number of fused-ring (bicyclic) bond motifs is 1. The third-order valence-electron chi connectivity index (χ3n) is 3.56. The predicted octanol–water partition coefficient (Wildman–Crippen LogP) is 3.34. The molecule has 0 saturated carbocycles. The Morgan fingerprint density at radius 3 is 2.88 bits per heavy atom. The van der Waals surface area contributed by atoms with Gasteiger partial charge in [0.1, 0.15) is 23.2 Å². The molecule has 0 amide bonds. The van der Waals surface area contributed by atoms with Crippen molar-refractivity contribution in [3.05, 3.63) is 64.1 Å². The highest BCUT2D eigenvalue weighted by molar-refractivity contribution is 7.22. The lowest BCUT2D eigenvalue weighted by atomic mass is 10.2. The lowest BCUT2D eigenvalue weighted by molar-refractivity contribution is 0.952. The first-order chi connectivity index (χ1) is 12.1. The van der Waals surface area contributed by atoms with Gasteiger partial charge in [-0.2, -0.15) is 4.98 Å². The van der Waals surface area contributed by atoms with E-state index < -0.39 is 0 Å². The first-order valence-corrected chi connectivity index (χ1v) is 8.49. The van der Waals surface area contributed by atoms with E-state index in [1.165, 1.54) is 28.6 Å².